The molecule has 0 aliphatic carbocycles. The van der Waals surface area contributed by atoms with Crippen molar-refractivity contribution in [3.05, 3.63) is 42.1 Å². The number of fused-ring (bicyclic) bond motifs is 1. The van der Waals surface area contributed by atoms with Gasteiger partial charge in [-0.2, -0.15) is 0 Å². The van der Waals surface area contributed by atoms with Crippen LogP contribution in [0.3, 0.4) is 0 Å². The molecule has 0 fully saturated rings. The van der Waals surface area contributed by atoms with Gasteiger partial charge in [-0.15, -0.1) is 0 Å². The molecule has 1 N–H and O–H groups in total. The van der Waals surface area contributed by atoms with Crippen LogP contribution in [0, 0.1) is 0 Å². The van der Waals surface area contributed by atoms with Gasteiger partial charge in [-0.3, -0.25) is 0 Å². The molecule has 3 nitrogen and oxygen atoms in total. The SMILES string of the molecule is CCCCCCn1ccc2cc(/C(C)=C/C(=O)O)ccc21. The van der Waals surface area contributed by atoms with Crippen LogP contribution in [-0.4, -0.2) is 15.6 Å². The van der Waals surface area contributed by atoms with Crippen molar-refractivity contribution in [2.24, 2.45) is 0 Å². The standard InChI is InChI=1S/C18H23NO2/c1-3-4-5-6-10-19-11-9-16-13-15(7-8-17(16)19)14(2)12-18(20)21/h7-9,11-13H,3-6,10H2,1-2H3,(H,20,21)/b14-12+. The fourth-order valence-corrected chi connectivity index (χ4v) is 2.62. The van der Waals surface area contributed by atoms with Crippen LogP contribution in [-0.2, 0) is 11.3 Å². The topological polar surface area (TPSA) is 42.2 Å². The summed E-state index contributed by atoms with van der Waals surface area (Å²) >= 11 is 0. The number of carboxylic acids is 1. The lowest BCUT2D eigenvalue weighted by Crippen LogP contribution is -1.96. The predicted molar refractivity (Wildman–Crippen MR) is 87.4 cm³/mol. The Morgan fingerprint density at radius 1 is 1.24 bits per heavy atom. The van der Waals surface area contributed by atoms with Gasteiger partial charge in [-0.25, -0.2) is 4.79 Å². The molecular weight excluding hydrogens is 262 g/mol. The van der Waals surface area contributed by atoms with Gasteiger partial charge < -0.3 is 9.67 Å². The maximum absolute atomic E-state index is 10.7. The van der Waals surface area contributed by atoms with E-state index in [0.717, 1.165) is 17.7 Å². The molecule has 0 aliphatic rings. The number of allylic oxidation sites excluding steroid dienone is 1. The van der Waals surface area contributed by atoms with Crippen molar-refractivity contribution in [3.63, 3.8) is 0 Å². The average molecular weight is 285 g/mol. The lowest BCUT2D eigenvalue weighted by molar-refractivity contribution is -0.131. The van der Waals surface area contributed by atoms with Gasteiger partial charge in [-0.05, 0) is 42.7 Å². The Balaban J connectivity index is 2.17. The summed E-state index contributed by atoms with van der Waals surface area (Å²) < 4.78 is 2.28. The van der Waals surface area contributed by atoms with Crippen molar-refractivity contribution in [1.82, 2.24) is 4.57 Å². The van der Waals surface area contributed by atoms with E-state index in [1.54, 1.807) is 0 Å². The van der Waals surface area contributed by atoms with Crippen molar-refractivity contribution in [2.75, 3.05) is 0 Å². The van der Waals surface area contributed by atoms with E-state index in [2.05, 4.69) is 35.9 Å². The molecule has 0 unspecified atom stereocenters. The smallest absolute Gasteiger partial charge is 0.328 e. The van der Waals surface area contributed by atoms with Crippen LogP contribution < -0.4 is 0 Å². The van der Waals surface area contributed by atoms with Gasteiger partial charge in [0.15, 0.2) is 0 Å². The second-order valence-electron chi connectivity index (χ2n) is 5.51. The fraction of sp³-hybridized carbons (Fsp3) is 0.389. The average Bonchev–Trinajstić information content (AvgIpc) is 2.85. The van der Waals surface area contributed by atoms with Crippen LogP contribution in [0.15, 0.2) is 36.5 Å². The summed E-state index contributed by atoms with van der Waals surface area (Å²) in [5.74, 6) is -0.902. The Bertz CT molecular complexity index is 652. The number of rotatable bonds is 7. The van der Waals surface area contributed by atoms with Gasteiger partial charge in [0.2, 0.25) is 0 Å². The third kappa shape index (κ3) is 3.97. The largest absolute Gasteiger partial charge is 0.478 e. The summed E-state index contributed by atoms with van der Waals surface area (Å²) in [4.78, 5) is 10.7. The normalized spacial score (nSPS) is 12.0. The molecule has 0 aliphatic heterocycles. The van der Waals surface area contributed by atoms with Gasteiger partial charge >= 0.3 is 5.97 Å². The second-order valence-corrected chi connectivity index (χ2v) is 5.51. The van der Waals surface area contributed by atoms with E-state index in [4.69, 9.17) is 5.11 Å². The Morgan fingerprint density at radius 3 is 2.76 bits per heavy atom. The Morgan fingerprint density at radius 2 is 2.05 bits per heavy atom. The van der Waals surface area contributed by atoms with Crippen molar-refractivity contribution >= 4 is 22.4 Å². The first-order chi connectivity index (χ1) is 10.1. The second kappa shape index (κ2) is 7.11. The Kier molecular flexibility index (Phi) is 5.20. The van der Waals surface area contributed by atoms with Crippen molar-refractivity contribution in [1.29, 1.82) is 0 Å². The molecule has 3 heteroatoms. The maximum Gasteiger partial charge on any atom is 0.328 e. The zero-order valence-corrected chi connectivity index (χ0v) is 12.8. The van der Waals surface area contributed by atoms with Gasteiger partial charge in [0, 0.05) is 29.7 Å². The molecule has 0 saturated carbocycles. The van der Waals surface area contributed by atoms with Crippen LogP contribution in [0.1, 0.15) is 45.1 Å². The molecule has 1 aromatic carbocycles. The first kappa shape index (κ1) is 15.4. The molecule has 0 atom stereocenters. The van der Waals surface area contributed by atoms with Gasteiger partial charge in [0.05, 0.1) is 0 Å². The van der Waals surface area contributed by atoms with Gasteiger partial charge in [0.1, 0.15) is 0 Å². The summed E-state index contributed by atoms with van der Waals surface area (Å²) in [5, 5.41) is 9.99. The summed E-state index contributed by atoms with van der Waals surface area (Å²) in [6.07, 6.45) is 8.40. The molecule has 0 radical (unpaired) electrons. The Labute approximate surface area is 125 Å². The summed E-state index contributed by atoms with van der Waals surface area (Å²) in [6.45, 7) is 5.10. The molecule has 1 aromatic heterocycles. The van der Waals surface area contributed by atoms with Crippen LogP contribution in [0.5, 0.6) is 0 Å². The lowest BCUT2D eigenvalue weighted by atomic mass is 10.1. The van der Waals surface area contributed by atoms with E-state index in [-0.39, 0.29) is 0 Å². The number of hydrogen-bond donors (Lipinski definition) is 1. The minimum absolute atomic E-state index is 0.778. The quantitative estimate of drug-likeness (QED) is 0.591. The molecule has 0 bridgehead atoms. The van der Waals surface area contributed by atoms with Crippen LogP contribution in [0.25, 0.3) is 16.5 Å². The summed E-state index contributed by atoms with van der Waals surface area (Å²) in [5.41, 5.74) is 2.96. The number of carbonyl (C=O) groups is 1. The van der Waals surface area contributed by atoms with E-state index >= 15 is 0 Å². The molecule has 21 heavy (non-hydrogen) atoms. The van der Waals surface area contributed by atoms with Gasteiger partial charge in [0.25, 0.3) is 0 Å². The monoisotopic (exact) mass is 285 g/mol. The van der Waals surface area contributed by atoms with Crippen LogP contribution in [0.4, 0.5) is 0 Å². The van der Waals surface area contributed by atoms with Crippen molar-refractivity contribution < 1.29 is 9.90 Å². The number of benzene rings is 1. The first-order valence-corrected chi connectivity index (χ1v) is 7.62. The number of aliphatic carboxylic acids is 1. The van der Waals surface area contributed by atoms with Crippen molar-refractivity contribution in [3.8, 4) is 0 Å². The molecular formula is C18H23NO2. The number of aryl methyl sites for hydroxylation is 1. The van der Waals surface area contributed by atoms with E-state index in [9.17, 15) is 4.79 Å². The molecule has 1 heterocycles. The molecule has 0 spiro atoms. The number of aromatic nitrogens is 1. The van der Waals surface area contributed by atoms with E-state index in [1.165, 1.54) is 42.7 Å². The number of hydrogen-bond acceptors (Lipinski definition) is 1. The zero-order chi connectivity index (χ0) is 15.2. The highest BCUT2D eigenvalue weighted by molar-refractivity contribution is 5.91. The number of nitrogens with zero attached hydrogens (tertiary/aromatic N) is 1. The highest BCUT2D eigenvalue weighted by Crippen LogP contribution is 2.22. The number of unbranched alkanes of at least 4 members (excludes halogenated alkanes) is 3. The molecule has 2 aromatic rings. The maximum atomic E-state index is 10.7. The van der Waals surface area contributed by atoms with E-state index < -0.39 is 5.97 Å². The highest BCUT2D eigenvalue weighted by atomic mass is 16.4. The van der Waals surface area contributed by atoms with Crippen molar-refractivity contribution in [2.45, 2.75) is 46.1 Å². The fourth-order valence-electron chi connectivity index (χ4n) is 2.62. The number of carboxylic acid groups (broad SMARTS) is 1. The molecule has 0 amide bonds. The van der Waals surface area contributed by atoms with E-state index in [0.29, 0.717) is 0 Å². The summed E-state index contributed by atoms with van der Waals surface area (Å²) in [6, 6.07) is 8.25. The summed E-state index contributed by atoms with van der Waals surface area (Å²) in [7, 11) is 0. The highest BCUT2D eigenvalue weighted by Gasteiger charge is 2.04. The predicted octanol–water partition coefficient (Wildman–Crippen LogP) is 4.71. The molecule has 0 saturated heterocycles. The molecule has 2 rings (SSSR count). The van der Waals surface area contributed by atoms with Gasteiger partial charge in [-0.1, -0.05) is 32.3 Å². The zero-order valence-electron chi connectivity index (χ0n) is 12.8. The minimum atomic E-state index is -0.902. The molecule has 112 valence electrons. The third-order valence-corrected chi connectivity index (χ3v) is 3.82. The first-order valence-electron chi connectivity index (χ1n) is 7.62. The van der Waals surface area contributed by atoms with Crippen LogP contribution in [0.2, 0.25) is 0 Å². The van der Waals surface area contributed by atoms with E-state index in [1.807, 2.05) is 13.0 Å². The Hall–Kier alpha value is -2.03. The lowest BCUT2D eigenvalue weighted by Gasteiger charge is -2.06. The minimum Gasteiger partial charge on any atom is -0.478 e. The third-order valence-electron chi connectivity index (χ3n) is 3.82. The van der Waals surface area contributed by atoms with Crippen LogP contribution >= 0.6 is 0 Å².